The lowest BCUT2D eigenvalue weighted by molar-refractivity contribution is -0.148. The van der Waals surface area contributed by atoms with Gasteiger partial charge in [0.1, 0.15) is 0 Å². The van der Waals surface area contributed by atoms with Crippen LogP contribution in [-0.2, 0) is 31.0 Å². The van der Waals surface area contributed by atoms with Crippen LogP contribution in [0.2, 0.25) is 0 Å². The summed E-state index contributed by atoms with van der Waals surface area (Å²) in [5.41, 5.74) is -3.51. The number of hydrogen-bond acceptors (Lipinski definition) is 5. The Morgan fingerprint density at radius 3 is 2.24 bits per heavy atom. The van der Waals surface area contributed by atoms with Gasteiger partial charge in [0.15, 0.2) is 15.3 Å². The molecule has 0 aliphatic heterocycles. The summed E-state index contributed by atoms with van der Waals surface area (Å²) in [6.45, 7) is 1.36. The Hall–Kier alpha value is -2.86. The zero-order valence-electron chi connectivity index (χ0n) is 15.4. The minimum atomic E-state index is -4.69. The van der Waals surface area contributed by atoms with Gasteiger partial charge < -0.3 is 4.74 Å². The highest BCUT2D eigenvalue weighted by Crippen LogP contribution is 2.36. The average molecular weight is 425 g/mol. The number of carbonyl (C=O) groups is 1. The highest BCUT2D eigenvalue weighted by atomic mass is 32.2. The van der Waals surface area contributed by atoms with Gasteiger partial charge in [-0.25, -0.2) is 13.2 Å². The third-order valence-electron chi connectivity index (χ3n) is 4.35. The fourth-order valence-corrected chi connectivity index (χ4v) is 4.16. The van der Waals surface area contributed by atoms with Crippen molar-refractivity contribution in [2.45, 2.75) is 29.8 Å². The monoisotopic (exact) mass is 425 g/mol. The largest absolute Gasteiger partial charge is 0.465 e. The van der Waals surface area contributed by atoms with Crippen LogP contribution in [0.5, 0.6) is 0 Å². The average Bonchev–Trinajstić information content (AvgIpc) is 2.69. The van der Waals surface area contributed by atoms with Gasteiger partial charge in [-0.3, -0.25) is 0 Å². The van der Waals surface area contributed by atoms with Crippen LogP contribution < -0.4 is 0 Å². The molecule has 0 aliphatic carbocycles. The molecule has 0 saturated carbocycles. The van der Waals surface area contributed by atoms with E-state index in [1.165, 1.54) is 37.3 Å². The van der Waals surface area contributed by atoms with Crippen LogP contribution in [0.4, 0.5) is 13.2 Å². The summed E-state index contributed by atoms with van der Waals surface area (Å²) >= 11 is 0. The number of nitriles is 1. The lowest BCUT2D eigenvalue weighted by atomic mass is 9.79. The molecule has 1 atom stereocenters. The molecule has 1 unspecified atom stereocenters. The molecule has 0 N–H and O–H groups in total. The van der Waals surface area contributed by atoms with Crippen LogP contribution >= 0.6 is 0 Å². The first-order valence-electron chi connectivity index (χ1n) is 8.61. The van der Waals surface area contributed by atoms with Gasteiger partial charge in [-0.2, -0.15) is 18.4 Å². The quantitative estimate of drug-likeness (QED) is 0.629. The molecule has 2 rings (SSSR count). The van der Waals surface area contributed by atoms with Gasteiger partial charge in [-0.1, -0.05) is 30.3 Å². The van der Waals surface area contributed by atoms with Crippen LogP contribution in [0.15, 0.2) is 59.5 Å². The summed E-state index contributed by atoms with van der Waals surface area (Å²) in [5.74, 6) is -1.72. The summed E-state index contributed by atoms with van der Waals surface area (Å²) in [6, 6.07) is 12.8. The van der Waals surface area contributed by atoms with E-state index >= 15 is 0 Å². The molecule has 0 heterocycles. The summed E-state index contributed by atoms with van der Waals surface area (Å²) < 4.78 is 69.4. The van der Waals surface area contributed by atoms with Gasteiger partial charge in [-0.15, -0.1) is 0 Å². The van der Waals surface area contributed by atoms with Crippen molar-refractivity contribution in [2.24, 2.45) is 0 Å². The Bertz CT molecular complexity index is 1010. The summed E-state index contributed by atoms with van der Waals surface area (Å²) in [7, 11) is -3.88. The number of rotatable bonds is 7. The van der Waals surface area contributed by atoms with Crippen LogP contribution in [0.1, 0.15) is 24.5 Å². The summed E-state index contributed by atoms with van der Waals surface area (Å²) in [4.78, 5) is 12.6. The molecule has 0 spiro atoms. The zero-order valence-corrected chi connectivity index (χ0v) is 16.3. The van der Waals surface area contributed by atoms with Crippen molar-refractivity contribution in [3.05, 3.63) is 65.7 Å². The van der Waals surface area contributed by atoms with Gasteiger partial charge in [0.25, 0.3) is 0 Å². The molecule has 0 bridgehead atoms. The van der Waals surface area contributed by atoms with E-state index in [9.17, 15) is 31.6 Å². The first-order chi connectivity index (χ1) is 13.6. The van der Waals surface area contributed by atoms with E-state index in [1.807, 2.05) is 0 Å². The molecule has 0 aliphatic rings. The van der Waals surface area contributed by atoms with E-state index in [4.69, 9.17) is 4.74 Å². The molecule has 2 aromatic carbocycles. The lowest BCUT2D eigenvalue weighted by Gasteiger charge is -2.25. The fraction of sp³-hybridized carbons (Fsp3) is 0.300. The van der Waals surface area contributed by atoms with Crippen molar-refractivity contribution in [3.63, 3.8) is 0 Å². The number of alkyl halides is 3. The van der Waals surface area contributed by atoms with E-state index in [1.54, 1.807) is 12.1 Å². The maximum Gasteiger partial charge on any atom is 0.416 e. The number of benzene rings is 2. The van der Waals surface area contributed by atoms with E-state index in [2.05, 4.69) is 0 Å². The Kier molecular flexibility index (Phi) is 6.69. The number of esters is 1. The number of halogens is 3. The zero-order chi connectivity index (χ0) is 21.7. The minimum absolute atomic E-state index is 0.0141. The first kappa shape index (κ1) is 22.4. The SMILES string of the molecule is CCOC(=O)C(C#N)(CCS(=O)(=O)c1ccccc1)c1cccc(C(F)(F)F)c1. The molecule has 0 radical (unpaired) electrons. The van der Waals surface area contributed by atoms with Crippen LogP contribution in [0.3, 0.4) is 0 Å². The summed E-state index contributed by atoms with van der Waals surface area (Å²) in [5, 5.41) is 9.76. The van der Waals surface area contributed by atoms with Crippen molar-refractivity contribution < 1.29 is 31.1 Å². The standard InChI is InChI=1S/C20H18F3NO4S/c1-2-28-18(25)19(14-24,15-7-6-8-16(13-15)20(21,22)23)11-12-29(26,27)17-9-4-3-5-10-17/h3-10,13H,2,11-12H2,1H3. The highest BCUT2D eigenvalue weighted by Gasteiger charge is 2.44. The maximum atomic E-state index is 13.1. The van der Waals surface area contributed by atoms with Gasteiger partial charge in [0, 0.05) is 0 Å². The van der Waals surface area contributed by atoms with E-state index in [0.29, 0.717) is 6.07 Å². The lowest BCUT2D eigenvalue weighted by Crippen LogP contribution is -2.38. The fourth-order valence-electron chi connectivity index (χ4n) is 2.78. The molecule has 154 valence electrons. The number of carbonyl (C=O) groups excluding carboxylic acids is 1. The Morgan fingerprint density at radius 2 is 1.69 bits per heavy atom. The number of sulfone groups is 1. The van der Waals surface area contributed by atoms with Crippen LogP contribution in [-0.4, -0.2) is 26.7 Å². The second kappa shape index (κ2) is 8.66. The normalized spacial score (nSPS) is 13.9. The van der Waals surface area contributed by atoms with Gasteiger partial charge in [0.05, 0.1) is 28.9 Å². The predicted molar refractivity (Wildman–Crippen MR) is 98.5 cm³/mol. The van der Waals surface area contributed by atoms with Gasteiger partial charge in [-0.05, 0) is 43.2 Å². The molecule has 9 heteroatoms. The van der Waals surface area contributed by atoms with Gasteiger partial charge >= 0.3 is 12.1 Å². The first-order valence-corrected chi connectivity index (χ1v) is 10.3. The van der Waals surface area contributed by atoms with Crippen LogP contribution in [0, 0.1) is 11.3 Å². The second-order valence-corrected chi connectivity index (χ2v) is 8.31. The Morgan fingerprint density at radius 1 is 1.07 bits per heavy atom. The van der Waals surface area contributed by atoms with Gasteiger partial charge in [0.2, 0.25) is 0 Å². The molecule has 0 saturated heterocycles. The smallest absolute Gasteiger partial charge is 0.416 e. The molecule has 0 fully saturated rings. The molecule has 0 aromatic heterocycles. The van der Waals surface area contributed by atoms with E-state index in [0.717, 1.165) is 12.1 Å². The Balaban J connectivity index is 2.50. The number of hydrogen-bond donors (Lipinski definition) is 0. The van der Waals surface area contributed by atoms with E-state index < -0.39 is 45.1 Å². The molecular formula is C20H18F3NO4S. The minimum Gasteiger partial charge on any atom is -0.465 e. The van der Waals surface area contributed by atoms with Crippen molar-refractivity contribution in [1.29, 1.82) is 5.26 Å². The van der Waals surface area contributed by atoms with Crippen molar-refractivity contribution in [3.8, 4) is 6.07 Å². The molecule has 2 aromatic rings. The second-order valence-electron chi connectivity index (χ2n) is 6.20. The van der Waals surface area contributed by atoms with E-state index in [-0.39, 0.29) is 17.1 Å². The topological polar surface area (TPSA) is 84.2 Å². The van der Waals surface area contributed by atoms with Crippen LogP contribution in [0.25, 0.3) is 0 Å². The molecule has 5 nitrogen and oxygen atoms in total. The number of ether oxygens (including phenoxy) is 1. The van der Waals surface area contributed by atoms with Crippen molar-refractivity contribution >= 4 is 15.8 Å². The predicted octanol–water partition coefficient (Wildman–Crippen LogP) is 3.89. The molecule has 0 amide bonds. The number of nitrogens with zero attached hydrogens (tertiary/aromatic N) is 1. The third kappa shape index (κ3) is 4.95. The highest BCUT2D eigenvalue weighted by molar-refractivity contribution is 7.91. The third-order valence-corrected chi connectivity index (χ3v) is 6.08. The summed E-state index contributed by atoms with van der Waals surface area (Å²) in [6.07, 6.45) is -5.25. The Labute approximate surface area is 166 Å². The van der Waals surface area contributed by atoms with Crippen molar-refractivity contribution in [1.82, 2.24) is 0 Å². The molecule has 29 heavy (non-hydrogen) atoms. The maximum absolute atomic E-state index is 13.1. The molecular weight excluding hydrogens is 407 g/mol. The van der Waals surface area contributed by atoms with Crippen molar-refractivity contribution in [2.75, 3.05) is 12.4 Å².